The fourth-order valence-corrected chi connectivity index (χ4v) is 3.10. The molecular weight excluding hydrogens is 292 g/mol. The topological polar surface area (TPSA) is 53.0 Å². The number of carbonyl (C=O) groups excluding carboxylic acids is 1. The second-order valence-electron chi connectivity index (χ2n) is 6.75. The van der Waals surface area contributed by atoms with Crippen LogP contribution in [-0.4, -0.2) is 72.2 Å². The molecule has 1 heterocycles. The van der Waals surface area contributed by atoms with Gasteiger partial charge >= 0.3 is 0 Å². The van der Waals surface area contributed by atoms with Crippen molar-refractivity contribution in [3.8, 4) is 5.75 Å². The lowest BCUT2D eigenvalue weighted by Gasteiger charge is -2.43. The Morgan fingerprint density at radius 1 is 1.22 bits per heavy atom. The molecule has 128 valence electrons. The minimum absolute atomic E-state index is 0.129. The molecule has 1 aromatic rings. The fraction of sp³-hybridized carbons (Fsp3) is 0.611. The summed E-state index contributed by atoms with van der Waals surface area (Å²) in [7, 11) is 1.62. The molecule has 1 N–H and O–H groups in total. The normalized spacial score (nSPS) is 18.7. The van der Waals surface area contributed by atoms with Crippen molar-refractivity contribution in [1.29, 1.82) is 0 Å². The van der Waals surface area contributed by atoms with Gasteiger partial charge in [0.25, 0.3) is 0 Å². The fourth-order valence-electron chi connectivity index (χ4n) is 3.10. The van der Waals surface area contributed by atoms with E-state index in [9.17, 15) is 9.90 Å². The number of piperazine rings is 1. The van der Waals surface area contributed by atoms with Gasteiger partial charge in [-0.2, -0.15) is 0 Å². The number of aliphatic hydroxyl groups is 1. The Balaban J connectivity index is 2.01. The molecule has 0 radical (unpaired) electrons. The zero-order valence-electron chi connectivity index (χ0n) is 14.6. The Morgan fingerprint density at radius 3 is 2.26 bits per heavy atom. The number of Topliss-reactive ketones (excluding diaryl/α,β-unsaturated/α-hetero) is 1. The number of β-amino-alcohol motifs (C(OH)–C–C–N with tert-alkyl or cyclic N) is 1. The molecule has 0 aliphatic carbocycles. The van der Waals surface area contributed by atoms with Gasteiger partial charge in [-0.3, -0.25) is 14.6 Å². The first-order chi connectivity index (χ1) is 10.8. The third-order valence-electron chi connectivity index (χ3n) is 4.59. The van der Waals surface area contributed by atoms with E-state index in [1.54, 1.807) is 7.11 Å². The molecule has 5 nitrogen and oxygen atoms in total. The number of methoxy groups -OCH3 is 1. The van der Waals surface area contributed by atoms with E-state index >= 15 is 0 Å². The van der Waals surface area contributed by atoms with Gasteiger partial charge in [0.1, 0.15) is 5.75 Å². The molecule has 0 aromatic heterocycles. The second-order valence-corrected chi connectivity index (χ2v) is 6.75. The van der Waals surface area contributed by atoms with Gasteiger partial charge in [-0.25, -0.2) is 0 Å². The number of hydrogen-bond donors (Lipinski definition) is 1. The highest BCUT2D eigenvalue weighted by Gasteiger charge is 2.36. The van der Waals surface area contributed by atoms with Crippen molar-refractivity contribution in [2.75, 3.05) is 39.8 Å². The average Bonchev–Trinajstić information content (AvgIpc) is 2.54. The van der Waals surface area contributed by atoms with Crippen LogP contribution in [0.15, 0.2) is 24.3 Å². The monoisotopic (exact) mass is 320 g/mol. The zero-order chi connectivity index (χ0) is 17.0. The molecule has 5 heteroatoms. The van der Waals surface area contributed by atoms with E-state index in [0.717, 1.165) is 31.9 Å². The molecule has 23 heavy (non-hydrogen) atoms. The van der Waals surface area contributed by atoms with Gasteiger partial charge in [0.15, 0.2) is 5.78 Å². The zero-order valence-corrected chi connectivity index (χ0v) is 14.6. The summed E-state index contributed by atoms with van der Waals surface area (Å²) in [5.74, 6) is 0.884. The van der Waals surface area contributed by atoms with Crippen LogP contribution in [0.1, 0.15) is 31.1 Å². The Kier molecular flexibility index (Phi) is 5.79. The van der Waals surface area contributed by atoms with Crippen LogP contribution in [0.4, 0.5) is 0 Å². The molecule has 1 saturated heterocycles. The van der Waals surface area contributed by atoms with Crippen LogP contribution in [0.3, 0.4) is 0 Å². The highest BCUT2D eigenvalue weighted by molar-refractivity contribution is 6.02. The second kappa shape index (κ2) is 7.43. The Morgan fingerprint density at radius 2 is 1.78 bits per heavy atom. The highest BCUT2D eigenvalue weighted by Crippen LogP contribution is 2.23. The van der Waals surface area contributed by atoms with Crippen molar-refractivity contribution in [1.82, 2.24) is 9.80 Å². The molecule has 0 spiro atoms. The third-order valence-corrected chi connectivity index (χ3v) is 4.59. The predicted octanol–water partition coefficient (Wildman–Crippen LogP) is 1.65. The molecule has 1 aliphatic rings. The summed E-state index contributed by atoms with van der Waals surface area (Å²) in [4.78, 5) is 17.4. The Labute approximate surface area is 138 Å². The smallest absolute Gasteiger partial charge is 0.182 e. The summed E-state index contributed by atoms with van der Waals surface area (Å²) < 4.78 is 5.15. The average molecular weight is 320 g/mol. The van der Waals surface area contributed by atoms with Crippen LogP contribution in [0.5, 0.6) is 5.75 Å². The van der Waals surface area contributed by atoms with Crippen molar-refractivity contribution >= 4 is 5.78 Å². The van der Waals surface area contributed by atoms with E-state index in [-0.39, 0.29) is 11.9 Å². The predicted molar refractivity (Wildman–Crippen MR) is 91.1 cm³/mol. The number of aliphatic hydroxyl groups excluding tert-OH is 1. The standard InChI is InChI=1S/C18H28N2O3/c1-14(21)13-19-9-11-20(12-10-19)18(2,3)17(22)15-5-7-16(23-4)8-6-15/h5-8,14,21H,9-13H2,1-4H3. The van der Waals surface area contributed by atoms with Gasteiger partial charge < -0.3 is 9.84 Å². The minimum Gasteiger partial charge on any atom is -0.497 e. The van der Waals surface area contributed by atoms with Gasteiger partial charge in [-0.05, 0) is 45.0 Å². The van der Waals surface area contributed by atoms with Crippen LogP contribution in [0, 0.1) is 0 Å². The van der Waals surface area contributed by atoms with Crippen molar-refractivity contribution in [3.05, 3.63) is 29.8 Å². The molecule has 1 unspecified atom stereocenters. The van der Waals surface area contributed by atoms with Crippen LogP contribution in [0.25, 0.3) is 0 Å². The lowest BCUT2D eigenvalue weighted by atomic mass is 9.90. The van der Waals surface area contributed by atoms with Crippen LogP contribution >= 0.6 is 0 Å². The van der Waals surface area contributed by atoms with E-state index in [1.807, 2.05) is 45.0 Å². The van der Waals surface area contributed by atoms with Crippen LogP contribution < -0.4 is 4.74 Å². The first-order valence-electron chi connectivity index (χ1n) is 8.19. The number of rotatable bonds is 6. The van der Waals surface area contributed by atoms with Crippen molar-refractivity contribution in [2.24, 2.45) is 0 Å². The molecule has 2 rings (SSSR count). The summed E-state index contributed by atoms with van der Waals surface area (Å²) >= 11 is 0. The number of benzene rings is 1. The van der Waals surface area contributed by atoms with Gasteiger partial charge in [0.05, 0.1) is 18.8 Å². The largest absolute Gasteiger partial charge is 0.497 e. The molecular formula is C18H28N2O3. The van der Waals surface area contributed by atoms with E-state index in [1.165, 1.54) is 0 Å². The SMILES string of the molecule is COc1ccc(C(=O)C(C)(C)N2CCN(CC(C)O)CC2)cc1. The maximum atomic E-state index is 12.9. The summed E-state index contributed by atoms with van der Waals surface area (Å²) in [6.45, 7) is 9.91. The molecule has 1 aliphatic heterocycles. The maximum Gasteiger partial charge on any atom is 0.182 e. The van der Waals surface area contributed by atoms with Crippen molar-refractivity contribution in [2.45, 2.75) is 32.4 Å². The lowest BCUT2D eigenvalue weighted by molar-refractivity contribution is 0.0304. The number of nitrogens with zero attached hydrogens (tertiary/aromatic N) is 2. The van der Waals surface area contributed by atoms with Crippen LogP contribution in [0.2, 0.25) is 0 Å². The summed E-state index contributed by atoms with van der Waals surface area (Å²) in [5.41, 5.74) is 0.174. The Hall–Kier alpha value is -1.43. The molecule has 0 bridgehead atoms. The van der Waals surface area contributed by atoms with Gasteiger partial charge in [0, 0.05) is 38.3 Å². The van der Waals surface area contributed by atoms with Crippen molar-refractivity contribution in [3.63, 3.8) is 0 Å². The van der Waals surface area contributed by atoms with E-state index in [0.29, 0.717) is 12.1 Å². The third kappa shape index (κ3) is 4.31. The number of ketones is 1. The van der Waals surface area contributed by atoms with Gasteiger partial charge in [0.2, 0.25) is 0 Å². The maximum absolute atomic E-state index is 12.9. The summed E-state index contributed by atoms with van der Waals surface area (Å²) in [6.07, 6.45) is -0.310. The van der Waals surface area contributed by atoms with E-state index in [2.05, 4.69) is 9.80 Å². The Bertz CT molecular complexity index is 518. The first-order valence-corrected chi connectivity index (χ1v) is 8.19. The highest BCUT2D eigenvalue weighted by atomic mass is 16.5. The molecule has 0 amide bonds. The van der Waals surface area contributed by atoms with Crippen LogP contribution in [-0.2, 0) is 0 Å². The lowest BCUT2D eigenvalue weighted by Crippen LogP contribution is -2.58. The molecule has 1 fully saturated rings. The van der Waals surface area contributed by atoms with Gasteiger partial charge in [-0.15, -0.1) is 0 Å². The molecule has 1 aromatic carbocycles. The first kappa shape index (κ1) is 17.9. The minimum atomic E-state index is -0.536. The van der Waals surface area contributed by atoms with Gasteiger partial charge in [-0.1, -0.05) is 0 Å². The number of hydrogen-bond acceptors (Lipinski definition) is 5. The summed E-state index contributed by atoms with van der Waals surface area (Å²) in [6, 6.07) is 7.30. The quantitative estimate of drug-likeness (QED) is 0.808. The molecule has 1 atom stereocenters. The number of ether oxygens (including phenoxy) is 1. The summed E-state index contributed by atoms with van der Waals surface area (Å²) in [5, 5.41) is 9.49. The van der Waals surface area contributed by atoms with E-state index < -0.39 is 5.54 Å². The van der Waals surface area contributed by atoms with Crippen molar-refractivity contribution < 1.29 is 14.6 Å². The number of carbonyl (C=O) groups is 1. The van der Waals surface area contributed by atoms with E-state index in [4.69, 9.17) is 4.74 Å². The molecule has 0 saturated carbocycles.